The van der Waals surface area contributed by atoms with Gasteiger partial charge in [0, 0.05) is 21.7 Å². The van der Waals surface area contributed by atoms with Crippen molar-refractivity contribution < 1.29 is 0 Å². The van der Waals surface area contributed by atoms with Crippen molar-refractivity contribution >= 4 is 23.4 Å². The third kappa shape index (κ3) is 4.36. The second-order valence-electron chi connectivity index (χ2n) is 4.12. The Bertz CT molecular complexity index is 317. The molecule has 2 N–H and O–H groups in total. The first-order valence-corrected chi connectivity index (χ1v) is 7.05. The minimum Gasteiger partial charge on any atom is -0.329 e. The van der Waals surface area contributed by atoms with E-state index in [2.05, 4.69) is 19.9 Å². The van der Waals surface area contributed by atoms with Crippen LogP contribution in [0.15, 0.2) is 29.2 Å². The normalized spacial score (nSPS) is 14.8. The van der Waals surface area contributed by atoms with Gasteiger partial charge >= 0.3 is 0 Å². The summed E-state index contributed by atoms with van der Waals surface area (Å²) >= 11 is 7.81. The highest BCUT2D eigenvalue weighted by Gasteiger charge is 2.16. The summed E-state index contributed by atoms with van der Waals surface area (Å²) in [4.78, 5) is 1.21. The molecule has 1 aromatic carbocycles. The number of hydrogen-bond acceptors (Lipinski definition) is 2. The summed E-state index contributed by atoms with van der Waals surface area (Å²) in [5.41, 5.74) is 5.84. The van der Waals surface area contributed by atoms with E-state index in [1.807, 2.05) is 30.0 Å². The highest BCUT2D eigenvalue weighted by molar-refractivity contribution is 8.00. The molecule has 3 heteroatoms. The molecule has 2 atom stereocenters. The third-order valence-electron chi connectivity index (χ3n) is 2.69. The number of nitrogens with two attached hydrogens (primary N) is 1. The van der Waals surface area contributed by atoms with Gasteiger partial charge in [0.2, 0.25) is 0 Å². The van der Waals surface area contributed by atoms with Crippen molar-refractivity contribution in [2.75, 3.05) is 6.54 Å². The van der Waals surface area contributed by atoms with E-state index in [1.54, 1.807) is 0 Å². The van der Waals surface area contributed by atoms with Gasteiger partial charge in [0.15, 0.2) is 0 Å². The van der Waals surface area contributed by atoms with E-state index >= 15 is 0 Å². The van der Waals surface area contributed by atoms with E-state index in [9.17, 15) is 0 Å². The molecule has 0 bridgehead atoms. The highest BCUT2D eigenvalue weighted by atomic mass is 35.5. The number of hydrogen-bond donors (Lipinski definition) is 1. The van der Waals surface area contributed by atoms with Gasteiger partial charge in [-0.25, -0.2) is 0 Å². The Kier molecular flexibility index (Phi) is 6.25. The molecular weight excluding hydrogens is 238 g/mol. The van der Waals surface area contributed by atoms with Crippen molar-refractivity contribution in [1.82, 2.24) is 0 Å². The molecule has 0 aliphatic heterocycles. The van der Waals surface area contributed by atoms with E-state index in [4.69, 9.17) is 17.3 Å². The lowest BCUT2D eigenvalue weighted by molar-refractivity contribution is 0.505. The smallest absolute Gasteiger partial charge is 0.0417 e. The second-order valence-corrected chi connectivity index (χ2v) is 5.86. The van der Waals surface area contributed by atoms with Crippen LogP contribution in [0.2, 0.25) is 5.02 Å². The first kappa shape index (κ1) is 13.9. The Labute approximate surface area is 108 Å². The van der Waals surface area contributed by atoms with Crippen molar-refractivity contribution in [2.45, 2.75) is 36.8 Å². The van der Waals surface area contributed by atoms with Crippen molar-refractivity contribution in [3.63, 3.8) is 0 Å². The van der Waals surface area contributed by atoms with Crippen molar-refractivity contribution in [3.05, 3.63) is 29.3 Å². The van der Waals surface area contributed by atoms with Crippen molar-refractivity contribution in [1.29, 1.82) is 0 Å². The molecule has 0 saturated carbocycles. The lowest BCUT2D eigenvalue weighted by Crippen LogP contribution is -2.24. The molecule has 0 saturated heterocycles. The first-order valence-electron chi connectivity index (χ1n) is 5.79. The zero-order valence-electron chi connectivity index (χ0n) is 9.95. The predicted molar refractivity (Wildman–Crippen MR) is 74.2 cm³/mol. The Balaban J connectivity index is 2.62. The number of halogens is 1. The first-order chi connectivity index (χ1) is 7.67. The summed E-state index contributed by atoms with van der Waals surface area (Å²) in [6.07, 6.45) is 2.45. The van der Waals surface area contributed by atoms with Gasteiger partial charge < -0.3 is 5.73 Å². The van der Waals surface area contributed by atoms with Crippen LogP contribution in [0.25, 0.3) is 0 Å². The van der Waals surface area contributed by atoms with Crippen LogP contribution in [0.3, 0.4) is 0 Å². The van der Waals surface area contributed by atoms with Crippen molar-refractivity contribution in [3.8, 4) is 0 Å². The maximum Gasteiger partial charge on any atom is 0.0417 e. The Morgan fingerprint density at radius 1 is 1.44 bits per heavy atom. The van der Waals surface area contributed by atoms with Crippen LogP contribution in [0, 0.1) is 5.92 Å². The van der Waals surface area contributed by atoms with E-state index in [0.29, 0.717) is 11.2 Å². The maximum atomic E-state index is 5.97. The molecule has 1 nitrogen and oxygen atoms in total. The van der Waals surface area contributed by atoms with Crippen molar-refractivity contribution in [2.24, 2.45) is 11.7 Å². The van der Waals surface area contributed by atoms with Gasteiger partial charge in [-0.05, 0) is 30.5 Å². The van der Waals surface area contributed by atoms with Crippen LogP contribution in [-0.4, -0.2) is 11.8 Å². The zero-order chi connectivity index (χ0) is 12.0. The average molecular weight is 258 g/mol. The van der Waals surface area contributed by atoms with Gasteiger partial charge in [0.05, 0.1) is 0 Å². The van der Waals surface area contributed by atoms with Crippen LogP contribution < -0.4 is 5.73 Å². The molecule has 0 aromatic heterocycles. The molecule has 2 unspecified atom stereocenters. The van der Waals surface area contributed by atoms with Crippen LogP contribution in [0.5, 0.6) is 0 Å². The van der Waals surface area contributed by atoms with Gasteiger partial charge in [-0.2, -0.15) is 0 Å². The topological polar surface area (TPSA) is 26.0 Å². The van der Waals surface area contributed by atoms with Crippen LogP contribution in [0.4, 0.5) is 0 Å². The molecule has 1 aromatic rings. The molecule has 0 fully saturated rings. The summed E-state index contributed by atoms with van der Waals surface area (Å²) in [7, 11) is 0. The van der Waals surface area contributed by atoms with Gasteiger partial charge in [-0.15, -0.1) is 11.8 Å². The second kappa shape index (κ2) is 7.21. The van der Waals surface area contributed by atoms with E-state index in [0.717, 1.165) is 11.6 Å². The largest absolute Gasteiger partial charge is 0.329 e. The quantitative estimate of drug-likeness (QED) is 0.773. The molecule has 0 aliphatic rings. The predicted octanol–water partition coefficient (Wildman–Crippen LogP) is 4.20. The van der Waals surface area contributed by atoms with Crippen LogP contribution in [0.1, 0.15) is 26.7 Å². The van der Waals surface area contributed by atoms with Crippen LogP contribution >= 0.6 is 23.4 Å². The summed E-state index contributed by atoms with van der Waals surface area (Å²) in [5.74, 6) is 0.652. The summed E-state index contributed by atoms with van der Waals surface area (Å²) < 4.78 is 0. The molecule has 0 amide bonds. The minimum absolute atomic E-state index is 0.485. The molecule has 0 spiro atoms. The molecule has 0 aliphatic carbocycles. The van der Waals surface area contributed by atoms with Gasteiger partial charge in [0.25, 0.3) is 0 Å². The molecular formula is C13H20ClNS. The zero-order valence-corrected chi connectivity index (χ0v) is 11.5. The fourth-order valence-electron chi connectivity index (χ4n) is 1.75. The standard InChI is InChI=1S/C13H20ClNS/c1-3-5-10(2)13(9-15)16-12-7-4-6-11(14)8-12/h4,6-8,10,13H,3,5,9,15H2,1-2H3. The SMILES string of the molecule is CCCC(C)C(CN)Sc1cccc(Cl)c1. The number of benzene rings is 1. The average Bonchev–Trinajstić information content (AvgIpc) is 2.26. The molecule has 1 rings (SSSR count). The lowest BCUT2D eigenvalue weighted by atomic mass is 10.0. The van der Waals surface area contributed by atoms with Crippen LogP contribution in [-0.2, 0) is 0 Å². The fourth-order valence-corrected chi connectivity index (χ4v) is 3.17. The maximum absolute atomic E-state index is 5.97. The molecule has 90 valence electrons. The van der Waals surface area contributed by atoms with E-state index in [1.165, 1.54) is 17.7 Å². The van der Waals surface area contributed by atoms with Gasteiger partial charge in [-0.1, -0.05) is 37.9 Å². The molecule has 0 radical (unpaired) electrons. The molecule has 16 heavy (non-hydrogen) atoms. The van der Waals surface area contributed by atoms with E-state index < -0.39 is 0 Å². The summed E-state index contributed by atoms with van der Waals surface area (Å²) in [6.45, 7) is 5.21. The number of rotatable bonds is 6. The van der Waals surface area contributed by atoms with E-state index in [-0.39, 0.29) is 0 Å². The number of thioether (sulfide) groups is 1. The fraction of sp³-hybridized carbons (Fsp3) is 0.538. The minimum atomic E-state index is 0.485. The highest BCUT2D eigenvalue weighted by Crippen LogP contribution is 2.30. The Morgan fingerprint density at radius 2 is 2.19 bits per heavy atom. The third-order valence-corrected chi connectivity index (χ3v) is 4.42. The Morgan fingerprint density at radius 3 is 2.75 bits per heavy atom. The Hall–Kier alpha value is -0.180. The van der Waals surface area contributed by atoms with Gasteiger partial charge in [-0.3, -0.25) is 0 Å². The lowest BCUT2D eigenvalue weighted by Gasteiger charge is -2.21. The monoisotopic (exact) mass is 257 g/mol. The molecule has 0 heterocycles. The summed E-state index contributed by atoms with van der Waals surface area (Å²) in [6, 6.07) is 7.99. The summed E-state index contributed by atoms with van der Waals surface area (Å²) in [5, 5.41) is 1.28. The van der Waals surface area contributed by atoms with Gasteiger partial charge in [0.1, 0.15) is 0 Å².